The van der Waals surface area contributed by atoms with E-state index in [1.165, 1.54) is 11.8 Å². The van der Waals surface area contributed by atoms with Crippen molar-refractivity contribution < 1.29 is 18.7 Å². The highest BCUT2D eigenvalue weighted by Crippen LogP contribution is 2.26. The Balaban J connectivity index is 1.07. The SMILES string of the molecule is O=C(COc1ccccc1)Nc1ccc(SCC(=O)Nc2ccc(-c3nc4ccccc4o3)cc2)cc1. The number of anilines is 2. The zero-order valence-electron chi connectivity index (χ0n) is 19.7. The third-order valence-corrected chi connectivity index (χ3v) is 6.34. The molecular weight excluding hydrogens is 486 g/mol. The average Bonchev–Trinajstić information content (AvgIpc) is 3.37. The van der Waals surface area contributed by atoms with Gasteiger partial charge in [-0.05, 0) is 72.8 Å². The van der Waals surface area contributed by atoms with E-state index in [9.17, 15) is 9.59 Å². The van der Waals surface area contributed by atoms with Gasteiger partial charge in [0.25, 0.3) is 5.91 Å². The minimum atomic E-state index is -0.245. The highest BCUT2D eigenvalue weighted by atomic mass is 32.2. The number of nitrogens with one attached hydrogen (secondary N) is 2. The average molecular weight is 510 g/mol. The van der Waals surface area contributed by atoms with Gasteiger partial charge in [0.15, 0.2) is 12.2 Å². The Morgan fingerprint density at radius 1 is 0.757 bits per heavy atom. The van der Waals surface area contributed by atoms with Crippen molar-refractivity contribution in [2.75, 3.05) is 23.0 Å². The third-order valence-electron chi connectivity index (χ3n) is 5.33. The third kappa shape index (κ3) is 6.56. The fourth-order valence-electron chi connectivity index (χ4n) is 3.53. The van der Waals surface area contributed by atoms with Crippen molar-refractivity contribution >= 4 is 46.1 Å². The van der Waals surface area contributed by atoms with Crippen LogP contribution in [0, 0.1) is 0 Å². The second kappa shape index (κ2) is 11.5. The molecule has 0 unspecified atom stereocenters. The van der Waals surface area contributed by atoms with Gasteiger partial charge in [0.1, 0.15) is 11.3 Å². The number of hydrogen-bond acceptors (Lipinski definition) is 6. The van der Waals surface area contributed by atoms with E-state index < -0.39 is 0 Å². The van der Waals surface area contributed by atoms with Crippen LogP contribution in [0.15, 0.2) is 112 Å². The van der Waals surface area contributed by atoms with E-state index in [0.717, 1.165) is 21.6 Å². The predicted molar refractivity (Wildman–Crippen MR) is 146 cm³/mol. The van der Waals surface area contributed by atoms with Crippen LogP contribution in [0.4, 0.5) is 11.4 Å². The number of thioether (sulfide) groups is 1. The number of benzene rings is 4. The smallest absolute Gasteiger partial charge is 0.262 e. The van der Waals surface area contributed by atoms with Crippen LogP contribution >= 0.6 is 11.8 Å². The Bertz CT molecular complexity index is 1470. The Hall–Kier alpha value is -4.56. The van der Waals surface area contributed by atoms with E-state index in [2.05, 4.69) is 15.6 Å². The Morgan fingerprint density at radius 3 is 2.14 bits per heavy atom. The van der Waals surface area contributed by atoms with Gasteiger partial charge in [-0.25, -0.2) is 4.98 Å². The van der Waals surface area contributed by atoms with Crippen LogP contribution in [0.3, 0.4) is 0 Å². The molecule has 1 heterocycles. The molecule has 0 aliphatic rings. The lowest BCUT2D eigenvalue weighted by molar-refractivity contribution is -0.118. The molecule has 0 spiro atoms. The molecule has 0 fully saturated rings. The number of rotatable bonds is 9. The van der Waals surface area contributed by atoms with Crippen LogP contribution in [0.1, 0.15) is 0 Å². The highest BCUT2D eigenvalue weighted by molar-refractivity contribution is 8.00. The summed E-state index contributed by atoms with van der Waals surface area (Å²) in [6.45, 7) is -0.0730. The fraction of sp³-hybridized carbons (Fsp3) is 0.0690. The quantitative estimate of drug-likeness (QED) is 0.228. The normalized spacial score (nSPS) is 10.7. The van der Waals surface area contributed by atoms with E-state index >= 15 is 0 Å². The van der Waals surface area contributed by atoms with Gasteiger partial charge in [-0.15, -0.1) is 11.8 Å². The summed E-state index contributed by atoms with van der Waals surface area (Å²) in [6.07, 6.45) is 0. The summed E-state index contributed by atoms with van der Waals surface area (Å²) in [6, 6.07) is 31.5. The summed E-state index contributed by atoms with van der Waals surface area (Å²) in [5.41, 5.74) is 3.73. The van der Waals surface area contributed by atoms with Crippen LogP contribution in [-0.2, 0) is 9.59 Å². The maximum atomic E-state index is 12.4. The van der Waals surface area contributed by atoms with Crippen molar-refractivity contribution in [1.82, 2.24) is 4.98 Å². The number of hydrogen-bond donors (Lipinski definition) is 2. The molecule has 8 heteroatoms. The lowest BCUT2D eigenvalue weighted by atomic mass is 10.2. The molecule has 0 radical (unpaired) electrons. The van der Waals surface area contributed by atoms with Gasteiger partial charge >= 0.3 is 0 Å². The van der Waals surface area contributed by atoms with Gasteiger partial charge < -0.3 is 19.8 Å². The van der Waals surface area contributed by atoms with Gasteiger partial charge in [-0.1, -0.05) is 30.3 Å². The molecule has 2 amide bonds. The first-order valence-electron chi connectivity index (χ1n) is 11.6. The molecule has 0 aliphatic heterocycles. The highest BCUT2D eigenvalue weighted by Gasteiger charge is 2.09. The number of oxazole rings is 1. The Labute approximate surface area is 217 Å². The second-order valence-corrected chi connectivity index (χ2v) is 9.12. The van der Waals surface area contributed by atoms with Crippen LogP contribution in [0.5, 0.6) is 5.75 Å². The Kier molecular flexibility index (Phi) is 7.47. The first kappa shape index (κ1) is 24.1. The molecule has 7 nitrogen and oxygen atoms in total. The number of ether oxygens (including phenoxy) is 1. The second-order valence-electron chi connectivity index (χ2n) is 8.08. The largest absolute Gasteiger partial charge is 0.484 e. The van der Waals surface area contributed by atoms with Crippen molar-refractivity contribution in [2.45, 2.75) is 4.90 Å². The molecule has 37 heavy (non-hydrogen) atoms. The molecule has 0 atom stereocenters. The van der Waals surface area contributed by atoms with Crippen molar-refractivity contribution in [2.24, 2.45) is 0 Å². The lowest BCUT2D eigenvalue weighted by Crippen LogP contribution is -2.20. The number of amides is 2. The maximum absolute atomic E-state index is 12.4. The summed E-state index contributed by atoms with van der Waals surface area (Å²) < 4.78 is 11.2. The predicted octanol–water partition coefficient (Wildman–Crippen LogP) is 6.24. The number of nitrogens with zero attached hydrogens (tertiary/aromatic N) is 1. The Morgan fingerprint density at radius 2 is 1.41 bits per heavy atom. The molecule has 0 saturated heterocycles. The molecule has 5 rings (SSSR count). The minimum Gasteiger partial charge on any atom is -0.484 e. The van der Waals surface area contributed by atoms with Gasteiger partial charge in [0.2, 0.25) is 11.8 Å². The van der Waals surface area contributed by atoms with E-state index in [1.807, 2.05) is 78.9 Å². The van der Waals surface area contributed by atoms with E-state index in [-0.39, 0.29) is 24.2 Å². The summed E-state index contributed by atoms with van der Waals surface area (Å²) in [7, 11) is 0. The monoisotopic (exact) mass is 509 g/mol. The molecule has 5 aromatic rings. The van der Waals surface area contributed by atoms with Crippen LogP contribution < -0.4 is 15.4 Å². The topological polar surface area (TPSA) is 93.5 Å². The molecule has 4 aromatic carbocycles. The van der Waals surface area contributed by atoms with E-state index in [1.54, 1.807) is 24.3 Å². The number of para-hydroxylation sites is 3. The van der Waals surface area contributed by atoms with E-state index in [4.69, 9.17) is 9.15 Å². The number of carbonyl (C=O) groups is 2. The fourth-order valence-corrected chi connectivity index (χ4v) is 4.23. The van der Waals surface area contributed by atoms with Crippen LogP contribution in [-0.4, -0.2) is 29.2 Å². The van der Waals surface area contributed by atoms with Crippen molar-refractivity contribution in [3.05, 3.63) is 103 Å². The summed E-state index contributed by atoms with van der Waals surface area (Å²) in [5.74, 6) is 1.07. The molecular formula is C29H23N3O4S. The number of aromatic nitrogens is 1. The number of carbonyl (C=O) groups excluding carboxylic acids is 2. The molecule has 2 N–H and O–H groups in total. The number of fused-ring (bicyclic) bond motifs is 1. The molecule has 1 aromatic heterocycles. The zero-order chi connectivity index (χ0) is 25.5. The van der Waals surface area contributed by atoms with Crippen molar-refractivity contribution in [3.63, 3.8) is 0 Å². The summed E-state index contributed by atoms with van der Waals surface area (Å²) >= 11 is 1.41. The zero-order valence-corrected chi connectivity index (χ0v) is 20.5. The molecule has 0 saturated carbocycles. The van der Waals surface area contributed by atoms with Crippen molar-refractivity contribution in [1.29, 1.82) is 0 Å². The molecule has 184 valence electrons. The minimum absolute atomic E-state index is 0.0730. The first-order valence-corrected chi connectivity index (χ1v) is 12.6. The standard InChI is InChI=1S/C29H23N3O4S/c33-27(18-35-23-6-2-1-3-7-23)30-22-14-16-24(17-15-22)37-19-28(34)31-21-12-10-20(11-13-21)29-32-25-8-4-5-9-26(25)36-29/h1-17H,18-19H2,(H,30,33)(H,31,34). The van der Waals surface area contributed by atoms with Crippen LogP contribution in [0.25, 0.3) is 22.6 Å². The van der Waals surface area contributed by atoms with Gasteiger partial charge in [-0.3, -0.25) is 9.59 Å². The maximum Gasteiger partial charge on any atom is 0.262 e. The van der Waals surface area contributed by atoms with Gasteiger partial charge in [0.05, 0.1) is 5.75 Å². The first-order chi connectivity index (χ1) is 18.1. The van der Waals surface area contributed by atoms with Gasteiger partial charge in [-0.2, -0.15) is 0 Å². The van der Waals surface area contributed by atoms with Gasteiger partial charge in [0, 0.05) is 21.8 Å². The van der Waals surface area contributed by atoms with E-state index in [0.29, 0.717) is 23.0 Å². The lowest BCUT2D eigenvalue weighted by Gasteiger charge is -2.08. The van der Waals surface area contributed by atoms with Crippen molar-refractivity contribution in [3.8, 4) is 17.2 Å². The van der Waals surface area contributed by atoms with Crippen LogP contribution in [0.2, 0.25) is 0 Å². The summed E-state index contributed by atoms with van der Waals surface area (Å²) in [4.78, 5) is 29.9. The molecule has 0 bridgehead atoms. The molecule has 0 aliphatic carbocycles. The summed E-state index contributed by atoms with van der Waals surface area (Å²) in [5, 5.41) is 5.70.